The van der Waals surface area contributed by atoms with Crippen LogP contribution in [0.2, 0.25) is 0 Å². The van der Waals surface area contributed by atoms with Gasteiger partial charge in [-0.25, -0.2) is 9.59 Å². The molecule has 14 heteroatoms. The molecule has 2 unspecified atom stereocenters. The molecule has 0 aliphatic heterocycles. The monoisotopic (exact) mass is 966 g/mol. The lowest BCUT2D eigenvalue weighted by Gasteiger charge is -2.32. The standard InChI is InChI=1S/C28H43NO6.C27H40O7/c1-4-5-6-9-21(30)11-12-22-23-14-19-8-7-10-26(24(19)15-20(23)16-25(22)31)34-17-28(33)35-18(2)13-27(32)29-3;1-3-4-5-8-20(28)10-11-21-22-13-18-7-6-9-25(23(18)14-19(22)15-24(21)29)33-16-27(32)34-17(2)12-26(30)31/h7-8,10,18,20-23,25,30-31H,4-6,9,11-17H2,1-3H3,(H,29,32);6-7,9,17,19-22,24,28-29H,3-5,8,10-16H2,1-2H3,(H,30,31)/t18?,20-,21-,22+,23-,25+;17?,19-,20-,21+,22-,24+/m00/s1. The summed E-state index contributed by atoms with van der Waals surface area (Å²) in [5.41, 5.74) is 4.61. The van der Waals surface area contributed by atoms with Gasteiger partial charge in [0.15, 0.2) is 13.2 Å². The highest BCUT2D eigenvalue weighted by atomic mass is 16.6. The Morgan fingerprint density at radius 1 is 0.638 bits per heavy atom. The molecular formula is C55H83NO13. The number of unbranched alkanes of at least 4 members (excludes halogenated alkanes) is 4. The molecule has 14 nitrogen and oxygen atoms in total. The fourth-order valence-corrected chi connectivity index (χ4v) is 11.7. The van der Waals surface area contributed by atoms with E-state index in [1.54, 1.807) is 20.9 Å². The van der Waals surface area contributed by atoms with Crippen molar-refractivity contribution in [2.45, 2.75) is 193 Å². The Bertz CT molecular complexity index is 1940. The number of carboxylic acids is 1. The van der Waals surface area contributed by atoms with Gasteiger partial charge in [-0.3, -0.25) is 9.59 Å². The predicted molar refractivity (Wildman–Crippen MR) is 262 cm³/mol. The molecule has 0 heterocycles. The van der Waals surface area contributed by atoms with Gasteiger partial charge in [0.25, 0.3) is 0 Å². The van der Waals surface area contributed by atoms with Crippen molar-refractivity contribution < 1.29 is 63.7 Å². The maximum Gasteiger partial charge on any atom is 0.344 e. The van der Waals surface area contributed by atoms with Gasteiger partial charge in [-0.1, -0.05) is 76.6 Å². The molecule has 0 saturated heterocycles. The number of hydrogen-bond donors (Lipinski definition) is 6. The summed E-state index contributed by atoms with van der Waals surface area (Å²) >= 11 is 0. The van der Waals surface area contributed by atoms with Gasteiger partial charge in [-0.15, -0.1) is 0 Å². The molecule has 4 aliphatic rings. The Hall–Kier alpha value is -4.24. The molecule has 1 amide bonds. The second-order valence-electron chi connectivity index (χ2n) is 20.5. The van der Waals surface area contributed by atoms with Crippen molar-refractivity contribution in [1.82, 2.24) is 5.32 Å². The molecule has 0 aromatic heterocycles. The topological polar surface area (TPSA) is 218 Å². The SMILES string of the molecule is CCCCC[C@H](O)CC[C@@H]1[C@H]2Cc3cccc(OCC(=O)OC(C)CC(=O)NC)c3C[C@H]2C[C@H]1O.CCCCC[C@H](O)CC[C@@H]1[C@H]2Cc3cccc(OCC(=O)OC(C)CC(=O)O)c3C[C@H]2C[C@H]1O. The van der Waals surface area contributed by atoms with Crippen LogP contribution in [0, 0.1) is 35.5 Å². The molecule has 2 fully saturated rings. The van der Waals surface area contributed by atoms with E-state index in [4.69, 9.17) is 24.1 Å². The molecule has 0 radical (unpaired) electrons. The number of ether oxygens (including phenoxy) is 4. The molecule has 2 aromatic rings. The largest absolute Gasteiger partial charge is 0.482 e. The van der Waals surface area contributed by atoms with E-state index in [1.807, 2.05) is 24.3 Å². The zero-order valence-corrected chi connectivity index (χ0v) is 42.0. The zero-order chi connectivity index (χ0) is 50.0. The lowest BCUT2D eigenvalue weighted by Crippen LogP contribution is -2.29. The van der Waals surface area contributed by atoms with E-state index in [-0.39, 0.29) is 68.2 Å². The number of esters is 2. The molecule has 69 heavy (non-hydrogen) atoms. The van der Waals surface area contributed by atoms with E-state index in [0.29, 0.717) is 35.2 Å². The maximum absolute atomic E-state index is 12.2. The van der Waals surface area contributed by atoms with Gasteiger partial charge in [0.2, 0.25) is 5.91 Å². The van der Waals surface area contributed by atoms with Crippen LogP contribution in [-0.2, 0) is 54.3 Å². The number of aliphatic hydroxyl groups is 4. The number of carbonyl (C=O) groups is 4. The van der Waals surface area contributed by atoms with Crippen LogP contribution >= 0.6 is 0 Å². The summed E-state index contributed by atoms with van der Waals surface area (Å²) in [5, 5.41) is 53.7. The van der Waals surface area contributed by atoms with E-state index >= 15 is 0 Å². The van der Waals surface area contributed by atoms with Crippen molar-refractivity contribution in [3.8, 4) is 11.5 Å². The van der Waals surface area contributed by atoms with Crippen molar-refractivity contribution in [3.63, 3.8) is 0 Å². The number of aliphatic carboxylic acids is 1. The molecule has 12 atom stereocenters. The third-order valence-electron chi connectivity index (χ3n) is 15.2. The Balaban J connectivity index is 0.000000258. The first-order chi connectivity index (χ1) is 33.1. The van der Waals surface area contributed by atoms with E-state index in [2.05, 4.69) is 31.3 Å². The summed E-state index contributed by atoms with van der Waals surface area (Å²) < 4.78 is 22.0. The van der Waals surface area contributed by atoms with Crippen LogP contribution in [0.4, 0.5) is 0 Å². The summed E-state index contributed by atoms with van der Waals surface area (Å²) in [6.07, 6.45) is 13.9. The Morgan fingerprint density at radius 2 is 1.07 bits per heavy atom. The number of carbonyl (C=O) groups excluding carboxylic acids is 3. The van der Waals surface area contributed by atoms with Gasteiger partial charge >= 0.3 is 17.9 Å². The Kier molecular flexibility index (Phi) is 22.6. The number of benzene rings is 2. The van der Waals surface area contributed by atoms with Crippen LogP contribution in [0.5, 0.6) is 11.5 Å². The van der Waals surface area contributed by atoms with Crippen LogP contribution in [-0.4, -0.2) is 106 Å². The first-order valence-electron chi connectivity index (χ1n) is 26.1. The van der Waals surface area contributed by atoms with Crippen molar-refractivity contribution >= 4 is 23.8 Å². The average molecular weight is 966 g/mol. The second-order valence-corrected chi connectivity index (χ2v) is 20.5. The number of carboxylic acid groups (broad SMARTS) is 1. The highest BCUT2D eigenvalue weighted by molar-refractivity contribution is 5.77. The number of rotatable bonds is 26. The third kappa shape index (κ3) is 17.0. The maximum atomic E-state index is 12.2. The number of aliphatic hydroxyl groups excluding tert-OH is 4. The Morgan fingerprint density at radius 3 is 1.48 bits per heavy atom. The van der Waals surface area contributed by atoms with Crippen molar-refractivity contribution in [1.29, 1.82) is 0 Å². The number of nitrogens with one attached hydrogen (secondary N) is 1. The van der Waals surface area contributed by atoms with Crippen LogP contribution in [0.25, 0.3) is 0 Å². The normalized spacial score (nSPS) is 24.9. The molecule has 2 saturated carbocycles. The lowest BCUT2D eigenvalue weighted by molar-refractivity contribution is -0.154. The van der Waals surface area contributed by atoms with Crippen molar-refractivity contribution in [3.05, 3.63) is 58.7 Å². The third-order valence-corrected chi connectivity index (χ3v) is 15.2. The van der Waals surface area contributed by atoms with E-state index in [9.17, 15) is 39.6 Å². The quantitative estimate of drug-likeness (QED) is 0.0399. The van der Waals surface area contributed by atoms with Crippen LogP contribution in [0.1, 0.15) is 153 Å². The van der Waals surface area contributed by atoms with E-state index in [1.165, 1.54) is 11.1 Å². The molecule has 386 valence electrons. The number of amides is 1. The smallest absolute Gasteiger partial charge is 0.344 e. The molecule has 4 aliphatic carbocycles. The van der Waals surface area contributed by atoms with Crippen molar-refractivity contribution in [2.24, 2.45) is 35.5 Å². The summed E-state index contributed by atoms with van der Waals surface area (Å²) in [6, 6.07) is 11.8. The molecule has 0 spiro atoms. The minimum atomic E-state index is -1.02. The van der Waals surface area contributed by atoms with Gasteiger partial charge in [-0.05, 0) is 161 Å². The average Bonchev–Trinajstić information content (AvgIpc) is 3.79. The highest BCUT2D eigenvalue weighted by Crippen LogP contribution is 2.50. The van der Waals surface area contributed by atoms with Gasteiger partial charge in [0.05, 0.1) is 37.3 Å². The molecule has 6 N–H and O–H groups in total. The van der Waals surface area contributed by atoms with Gasteiger partial charge < -0.3 is 49.8 Å². The fourth-order valence-electron chi connectivity index (χ4n) is 11.7. The lowest BCUT2D eigenvalue weighted by atomic mass is 9.73. The van der Waals surface area contributed by atoms with Gasteiger partial charge in [0, 0.05) is 7.05 Å². The van der Waals surface area contributed by atoms with Gasteiger partial charge in [-0.2, -0.15) is 0 Å². The zero-order valence-electron chi connectivity index (χ0n) is 42.0. The summed E-state index contributed by atoms with van der Waals surface area (Å²) in [4.78, 5) is 46.5. The highest BCUT2D eigenvalue weighted by Gasteiger charge is 2.46. The van der Waals surface area contributed by atoms with Crippen molar-refractivity contribution in [2.75, 3.05) is 20.3 Å². The molecule has 0 bridgehead atoms. The fraction of sp³-hybridized carbons (Fsp3) is 0.709. The van der Waals surface area contributed by atoms with E-state index < -0.39 is 30.1 Å². The molecular weight excluding hydrogens is 883 g/mol. The summed E-state index contributed by atoms with van der Waals surface area (Å²) in [5.74, 6) is 1.02. The van der Waals surface area contributed by atoms with E-state index in [0.717, 1.165) is 127 Å². The minimum Gasteiger partial charge on any atom is -0.482 e. The van der Waals surface area contributed by atoms with Gasteiger partial charge in [0.1, 0.15) is 23.7 Å². The van der Waals surface area contributed by atoms with Crippen LogP contribution in [0.3, 0.4) is 0 Å². The Labute approximate surface area is 410 Å². The first kappa shape index (κ1) is 55.7. The predicted octanol–water partition coefficient (Wildman–Crippen LogP) is 7.47. The summed E-state index contributed by atoms with van der Waals surface area (Å²) in [7, 11) is 1.55. The second kappa shape index (κ2) is 28.0. The van der Waals surface area contributed by atoms with Crippen LogP contribution in [0.15, 0.2) is 36.4 Å². The molecule has 2 aromatic carbocycles. The minimum absolute atomic E-state index is 0.116. The van der Waals surface area contributed by atoms with Crippen LogP contribution < -0.4 is 14.8 Å². The molecule has 6 rings (SSSR count). The number of hydrogen-bond acceptors (Lipinski definition) is 12. The number of fused-ring (bicyclic) bond motifs is 4. The summed E-state index contributed by atoms with van der Waals surface area (Å²) in [6.45, 7) is 7.08. The first-order valence-corrected chi connectivity index (χ1v) is 26.1.